The number of nitrogens with zero attached hydrogens (tertiary/aromatic N) is 10. The van der Waals surface area contributed by atoms with Crippen LogP contribution in [0, 0.1) is 41.2 Å². The van der Waals surface area contributed by atoms with Crippen LogP contribution >= 0.6 is 18.8 Å². The minimum atomic E-state index is -4.60. The van der Waals surface area contributed by atoms with Crippen LogP contribution in [0.4, 0.5) is 43.9 Å². The number of hydrogen-bond acceptors (Lipinski definition) is 9. The molecule has 0 unspecified atom stereocenters. The molecule has 8 aromatic heterocycles. The summed E-state index contributed by atoms with van der Waals surface area (Å²) in [6.07, 6.45) is -9.15. The number of aromatic amines is 1. The van der Waals surface area contributed by atoms with Crippen LogP contribution in [0.1, 0.15) is 74.8 Å². The molecule has 0 amide bonds. The number of aromatic nitrogens is 10. The quantitative estimate of drug-likeness (QED) is 0.0882. The van der Waals surface area contributed by atoms with Gasteiger partial charge in [0.1, 0.15) is 29.0 Å². The molecule has 0 bridgehead atoms. The predicted octanol–water partition coefficient (Wildman–Crippen LogP) is 14.1. The van der Waals surface area contributed by atoms with Gasteiger partial charge < -0.3 is 15.2 Å². The number of halogens is 12. The average molecular weight is 1470 g/mol. The summed E-state index contributed by atoms with van der Waals surface area (Å²) in [6.45, 7) is 7.28. The van der Waals surface area contributed by atoms with Crippen molar-refractivity contribution in [1.82, 2.24) is 50.3 Å². The molecule has 8 heterocycles. The molecule has 1 N–H and O–H groups in total. The van der Waals surface area contributed by atoms with E-state index in [1.54, 1.807) is 72.8 Å². The first-order valence-electron chi connectivity index (χ1n) is 21.4. The number of benzene rings is 1. The van der Waals surface area contributed by atoms with Crippen LogP contribution in [-0.4, -0.2) is 45.2 Å². The predicted molar refractivity (Wildman–Crippen MR) is 260 cm³/mol. The van der Waals surface area contributed by atoms with E-state index in [9.17, 15) is 43.9 Å². The molecule has 1 aromatic carbocycles. The Hall–Kier alpha value is -6.71. The zero-order valence-corrected chi connectivity index (χ0v) is 45.4. The number of rotatable bonds is 8. The number of hydrogen-bond donors (Lipinski definition) is 1. The molecule has 0 spiro atoms. The second kappa shape index (κ2) is 27.1. The Morgan fingerprint density at radius 3 is 1.53 bits per heavy atom. The summed E-state index contributed by atoms with van der Waals surface area (Å²) in [5.74, 6) is -3.95. The Morgan fingerprint density at radius 1 is 0.558 bits per heavy atom. The summed E-state index contributed by atoms with van der Waals surface area (Å²) in [6, 6.07) is 38.3. The molecule has 0 aliphatic carbocycles. The van der Waals surface area contributed by atoms with Crippen molar-refractivity contribution in [2.45, 2.75) is 58.3 Å². The summed E-state index contributed by atoms with van der Waals surface area (Å²) in [7, 11) is 9.75. The number of alkyl halides is 6. The summed E-state index contributed by atoms with van der Waals surface area (Å²) in [5, 5.41) is 20.7. The normalized spacial score (nSPS) is 11.3. The van der Waals surface area contributed by atoms with Gasteiger partial charge in [-0.15, -0.1) is 6.07 Å². The number of pyridine rings is 6. The average Bonchev–Trinajstić information content (AvgIpc) is 4.11. The van der Waals surface area contributed by atoms with E-state index in [0.29, 0.717) is 28.3 Å². The van der Waals surface area contributed by atoms with E-state index in [2.05, 4.69) is 51.3 Å². The fraction of sp³-hybridized carbons (Fsp3) is 0.173. The van der Waals surface area contributed by atoms with E-state index in [4.69, 9.17) is 24.1 Å². The van der Waals surface area contributed by atoms with E-state index in [0.717, 1.165) is 24.3 Å². The topological polar surface area (TPSA) is 157 Å². The number of nitriles is 1. The molecular formula is C52H39Cl2F10N11Pt2. The zero-order chi connectivity index (χ0) is 54.7. The van der Waals surface area contributed by atoms with Gasteiger partial charge in [-0.3, -0.25) is 25.0 Å². The summed E-state index contributed by atoms with van der Waals surface area (Å²) in [4.78, 5) is 24.3. The van der Waals surface area contributed by atoms with Gasteiger partial charge >= 0.3 is 68.7 Å². The van der Waals surface area contributed by atoms with Crippen LogP contribution in [0.15, 0.2) is 133 Å². The Labute approximate surface area is 465 Å². The molecule has 0 radical (unpaired) electrons. The van der Waals surface area contributed by atoms with Crippen molar-refractivity contribution < 1.29 is 81.5 Å². The third kappa shape index (κ3) is 16.2. The van der Waals surface area contributed by atoms with Gasteiger partial charge in [-0.2, -0.15) is 50.5 Å². The monoisotopic (exact) mass is 1470 g/mol. The van der Waals surface area contributed by atoms with Crippen LogP contribution < -0.4 is 5.10 Å². The van der Waals surface area contributed by atoms with Crippen LogP contribution in [0.2, 0.25) is 0 Å². The molecule has 0 aliphatic rings. The molecule has 0 atom stereocenters. The van der Waals surface area contributed by atoms with E-state index >= 15 is 0 Å². The summed E-state index contributed by atoms with van der Waals surface area (Å²) >= 11 is -0.472. The third-order valence-electron chi connectivity index (χ3n) is 10.8. The van der Waals surface area contributed by atoms with Crippen LogP contribution in [0.5, 0.6) is 0 Å². The van der Waals surface area contributed by atoms with Crippen molar-refractivity contribution >= 4 is 18.8 Å². The fourth-order valence-corrected chi connectivity index (χ4v) is 6.79. The number of H-pyrrole nitrogens is 1. The van der Waals surface area contributed by atoms with E-state index in [1.807, 2.05) is 57.1 Å². The molecular weight excluding hydrogens is 1430 g/mol. The molecule has 77 heavy (non-hydrogen) atoms. The molecule has 25 heteroatoms. The van der Waals surface area contributed by atoms with Gasteiger partial charge in [0.15, 0.2) is 0 Å². The van der Waals surface area contributed by atoms with E-state index in [1.165, 1.54) is 18.2 Å². The molecule has 0 saturated carbocycles. The summed E-state index contributed by atoms with van der Waals surface area (Å²) in [5.41, 5.74) is 0.0321. The smallest absolute Gasteiger partial charge is 2.00 e. The van der Waals surface area contributed by atoms with E-state index in [-0.39, 0.29) is 73.8 Å². The second-order valence-corrected chi connectivity index (χ2v) is 19.8. The first kappa shape index (κ1) is 62.8. The van der Waals surface area contributed by atoms with Gasteiger partial charge in [0.05, 0.1) is 45.7 Å². The van der Waals surface area contributed by atoms with Crippen molar-refractivity contribution in [1.29, 1.82) is 5.26 Å². The van der Waals surface area contributed by atoms with Crippen molar-refractivity contribution in [3.63, 3.8) is 0 Å². The third-order valence-corrected chi connectivity index (χ3v) is 10.8. The van der Waals surface area contributed by atoms with Crippen LogP contribution in [-0.2, 0) is 60.7 Å². The SMILES string of the molecule is C.CC(C)(c1cccc(-c2cc(C(F)(F)F)[nH]n2)n1)c1cccc(-c2ccc(F)nc2F)n1.CC(C)(c1cccc(-c2cc(C(F)(F)F)n[n-]2)n1)c1cccc(-c2[c-]cc(F)nc2F)n1.N#Cc1ccccc1.[Cl][Pt][Cl].[Pt+2]. The van der Waals surface area contributed by atoms with Crippen molar-refractivity contribution in [3.8, 4) is 51.4 Å². The van der Waals surface area contributed by atoms with Crippen molar-refractivity contribution in [2.75, 3.05) is 0 Å². The molecule has 0 aliphatic heterocycles. The molecule has 0 fully saturated rings. The van der Waals surface area contributed by atoms with Crippen LogP contribution in [0.3, 0.4) is 0 Å². The Bertz CT molecular complexity index is 3230. The van der Waals surface area contributed by atoms with Gasteiger partial charge in [-0.1, -0.05) is 73.3 Å². The molecule has 0 saturated heterocycles. The first-order valence-corrected chi connectivity index (χ1v) is 27.0. The van der Waals surface area contributed by atoms with Crippen LogP contribution in [0.25, 0.3) is 45.3 Å². The first-order chi connectivity index (χ1) is 35.5. The van der Waals surface area contributed by atoms with Crippen molar-refractivity contribution in [3.05, 3.63) is 203 Å². The molecule has 406 valence electrons. The molecule has 11 nitrogen and oxygen atoms in total. The maximum absolute atomic E-state index is 14.1. The standard InChI is InChI=1S/C22H16F5N5.C22H14F5N5.C7H5N.CH4.2ClH.2Pt/c2*1-21(2,16-7-3-5-13(28-16)12-9-10-19(23)30-20(12)24)17-8-4-6-14(29-17)15-11-18(32-31-15)22(25,26)27;8-6-7-4-2-1-3-5-7;;;;;/h3-11H,1-2H3,(H,31,32);3-8,10-11H,1-2H3;1-5H;1H4;2*1H;;/q;-2;;;;;2*+2/p-2. The van der Waals surface area contributed by atoms with Crippen molar-refractivity contribution in [2.24, 2.45) is 0 Å². The minimum absolute atomic E-state index is 0. The Balaban J connectivity index is 0.000000272. The van der Waals surface area contributed by atoms with Gasteiger partial charge in [0.2, 0.25) is 11.9 Å². The Morgan fingerprint density at radius 2 is 1.05 bits per heavy atom. The second-order valence-electron chi connectivity index (χ2n) is 16.5. The number of nitrogens with one attached hydrogen (secondary N) is 1. The van der Waals surface area contributed by atoms with Gasteiger partial charge in [0, 0.05) is 22.2 Å². The fourth-order valence-electron chi connectivity index (χ4n) is 6.79. The summed E-state index contributed by atoms with van der Waals surface area (Å²) < 4.78 is 132. The minimum Gasteiger partial charge on any atom is 2.00 e. The van der Waals surface area contributed by atoms with Gasteiger partial charge in [-0.05, 0) is 112 Å². The maximum Gasteiger partial charge on any atom is 2.00 e. The molecule has 9 rings (SSSR count). The Kier molecular flexibility index (Phi) is 22.1. The maximum atomic E-state index is 14.1. The van der Waals surface area contributed by atoms with Gasteiger partial charge in [-0.25, -0.2) is 8.78 Å². The molecule has 9 aromatic rings. The van der Waals surface area contributed by atoms with Gasteiger partial charge in [0.25, 0.3) is 0 Å². The largest absolute Gasteiger partial charge is 2.00 e. The van der Waals surface area contributed by atoms with E-state index < -0.39 is 74.8 Å². The zero-order valence-electron chi connectivity index (χ0n) is 39.3.